The molecular formula is C25H18FNO6. The molecule has 0 bridgehead atoms. The Morgan fingerprint density at radius 3 is 2.09 bits per heavy atom. The van der Waals surface area contributed by atoms with Gasteiger partial charge < -0.3 is 9.47 Å². The number of hydrogen-bond donors (Lipinski definition) is 0. The Balaban J connectivity index is 1.51. The zero-order chi connectivity index (χ0) is 23.7. The maximum Gasteiger partial charge on any atom is 0.338 e. The molecule has 7 nitrogen and oxygen atoms in total. The maximum absolute atomic E-state index is 13.2. The molecule has 0 radical (unpaired) electrons. The number of halogens is 1. The molecule has 1 atom stereocenters. The number of Topliss-reactive ketones (excluding diaryl/α,β-unsaturated/α-hetero) is 1. The van der Waals surface area contributed by atoms with E-state index in [4.69, 9.17) is 9.47 Å². The molecule has 0 fully saturated rings. The number of carbonyl (C=O) groups is 4. The number of rotatable bonds is 6. The first-order chi connectivity index (χ1) is 15.8. The standard InChI is InChI=1S/C25H18FNO6/c1-14(22(28)15-3-10-19(32-2)11-4-15)33-25(31)16-5-12-20-21(13-16)24(30)27(23(20)29)18-8-6-17(26)7-9-18/h3-14H,1-2H3. The van der Waals surface area contributed by atoms with Gasteiger partial charge in [-0.1, -0.05) is 0 Å². The zero-order valence-electron chi connectivity index (χ0n) is 17.7. The number of fused-ring (bicyclic) bond motifs is 1. The van der Waals surface area contributed by atoms with Gasteiger partial charge in [-0.05, 0) is 73.7 Å². The number of anilines is 1. The number of hydrogen-bond acceptors (Lipinski definition) is 6. The summed E-state index contributed by atoms with van der Waals surface area (Å²) in [5, 5.41) is 0. The van der Waals surface area contributed by atoms with Gasteiger partial charge >= 0.3 is 5.97 Å². The maximum atomic E-state index is 13.2. The molecule has 3 aromatic carbocycles. The minimum atomic E-state index is -1.08. The third kappa shape index (κ3) is 4.10. The molecule has 0 spiro atoms. The third-order valence-corrected chi connectivity index (χ3v) is 5.23. The molecule has 8 heteroatoms. The summed E-state index contributed by atoms with van der Waals surface area (Å²) in [6.45, 7) is 1.45. The minimum absolute atomic E-state index is 0.0187. The summed E-state index contributed by atoms with van der Waals surface area (Å²) in [6, 6.07) is 15.3. The molecular weight excluding hydrogens is 429 g/mol. The fraction of sp³-hybridized carbons (Fsp3) is 0.120. The lowest BCUT2D eigenvalue weighted by Gasteiger charge is -2.13. The van der Waals surface area contributed by atoms with E-state index < -0.39 is 35.5 Å². The Bertz CT molecular complexity index is 1270. The van der Waals surface area contributed by atoms with Crippen LogP contribution in [0, 0.1) is 5.82 Å². The van der Waals surface area contributed by atoms with Gasteiger partial charge in [0.1, 0.15) is 11.6 Å². The number of benzene rings is 3. The van der Waals surface area contributed by atoms with E-state index in [2.05, 4.69) is 0 Å². The first-order valence-corrected chi connectivity index (χ1v) is 9.98. The minimum Gasteiger partial charge on any atom is -0.497 e. The lowest BCUT2D eigenvalue weighted by molar-refractivity contribution is 0.0318. The highest BCUT2D eigenvalue weighted by Crippen LogP contribution is 2.29. The highest BCUT2D eigenvalue weighted by atomic mass is 19.1. The Morgan fingerprint density at radius 1 is 0.848 bits per heavy atom. The molecule has 1 aliphatic rings. The zero-order valence-corrected chi connectivity index (χ0v) is 17.7. The summed E-state index contributed by atoms with van der Waals surface area (Å²) in [5.74, 6) is -2.35. The number of amides is 2. The average molecular weight is 447 g/mol. The Labute approximate surface area is 188 Å². The molecule has 4 rings (SSSR count). The van der Waals surface area contributed by atoms with Gasteiger partial charge in [0.15, 0.2) is 6.10 Å². The Morgan fingerprint density at radius 2 is 1.45 bits per heavy atom. The molecule has 0 saturated heterocycles. The quantitative estimate of drug-likeness (QED) is 0.322. The predicted molar refractivity (Wildman–Crippen MR) is 116 cm³/mol. The number of esters is 1. The van der Waals surface area contributed by atoms with E-state index in [1.807, 2.05) is 0 Å². The van der Waals surface area contributed by atoms with Gasteiger partial charge in [-0.3, -0.25) is 14.4 Å². The van der Waals surface area contributed by atoms with Crippen LogP contribution in [0.25, 0.3) is 0 Å². The van der Waals surface area contributed by atoms with Crippen molar-refractivity contribution in [3.8, 4) is 5.75 Å². The van der Waals surface area contributed by atoms with E-state index in [1.54, 1.807) is 24.3 Å². The van der Waals surface area contributed by atoms with Gasteiger partial charge in [-0.2, -0.15) is 0 Å². The number of imide groups is 1. The molecule has 33 heavy (non-hydrogen) atoms. The first kappa shape index (κ1) is 21.9. The Kier molecular flexibility index (Phi) is 5.74. The first-order valence-electron chi connectivity index (χ1n) is 9.98. The van der Waals surface area contributed by atoms with Crippen molar-refractivity contribution < 1.29 is 33.0 Å². The van der Waals surface area contributed by atoms with E-state index in [9.17, 15) is 23.6 Å². The van der Waals surface area contributed by atoms with Crippen LogP contribution in [0.2, 0.25) is 0 Å². The van der Waals surface area contributed by atoms with Crippen molar-refractivity contribution >= 4 is 29.3 Å². The summed E-state index contributed by atoms with van der Waals surface area (Å²) in [6.07, 6.45) is -1.08. The second kappa shape index (κ2) is 8.66. The third-order valence-electron chi connectivity index (χ3n) is 5.23. The van der Waals surface area contributed by atoms with Crippen LogP contribution in [0.15, 0.2) is 66.7 Å². The van der Waals surface area contributed by atoms with E-state index in [-0.39, 0.29) is 22.4 Å². The van der Waals surface area contributed by atoms with E-state index in [1.165, 1.54) is 44.4 Å². The van der Waals surface area contributed by atoms with Crippen molar-refractivity contribution in [1.82, 2.24) is 0 Å². The second-order valence-electron chi connectivity index (χ2n) is 7.32. The monoisotopic (exact) mass is 447 g/mol. The van der Waals surface area contributed by atoms with Crippen molar-refractivity contribution in [2.24, 2.45) is 0 Å². The van der Waals surface area contributed by atoms with Crippen LogP contribution < -0.4 is 9.64 Å². The van der Waals surface area contributed by atoms with Crippen molar-refractivity contribution in [2.45, 2.75) is 13.0 Å². The number of carbonyl (C=O) groups excluding carboxylic acids is 4. The smallest absolute Gasteiger partial charge is 0.338 e. The van der Waals surface area contributed by atoms with Crippen LogP contribution in [-0.2, 0) is 4.74 Å². The molecule has 0 saturated carbocycles. The highest BCUT2D eigenvalue weighted by Gasteiger charge is 2.37. The van der Waals surface area contributed by atoms with E-state index in [0.717, 1.165) is 17.0 Å². The number of ether oxygens (including phenoxy) is 2. The molecule has 3 aromatic rings. The van der Waals surface area contributed by atoms with Gasteiger partial charge in [0.2, 0.25) is 5.78 Å². The molecule has 1 aliphatic heterocycles. The molecule has 2 amide bonds. The largest absolute Gasteiger partial charge is 0.497 e. The normalized spacial score (nSPS) is 13.5. The van der Waals surface area contributed by atoms with Crippen LogP contribution >= 0.6 is 0 Å². The molecule has 1 unspecified atom stereocenters. The van der Waals surface area contributed by atoms with Gasteiger partial charge in [0, 0.05) is 5.56 Å². The highest BCUT2D eigenvalue weighted by molar-refractivity contribution is 6.34. The lowest BCUT2D eigenvalue weighted by atomic mass is 10.1. The van der Waals surface area contributed by atoms with Gasteiger partial charge in [-0.15, -0.1) is 0 Å². The van der Waals surface area contributed by atoms with Crippen LogP contribution in [0.5, 0.6) is 5.75 Å². The number of ketones is 1. The van der Waals surface area contributed by atoms with Crippen molar-refractivity contribution in [3.05, 3.63) is 94.8 Å². The topological polar surface area (TPSA) is 90.0 Å². The SMILES string of the molecule is COc1ccc(C(=O)C(C)OC(=O)c2ccc3c(c2)C(=O)N(c2ccc(F)cc2)C3=O)cc1. The molecule has 0 aromatic heterocycles. The van der Waals surface area contributed by atoms with Crippen LogP contribution in [-0.4, -0.2) is 36.8 Å². The van der Waals surface area contributed by atoms with Gasteiger partial charge in [0.25, 0.3) is 11.8 Å². The summed E-state index contributed by atoms with van der Waals surface area (Å²) in [4.78, 5) is 51.6. The van der Waals surface area contributed by atoms with Crippen LogP contribution in [0.3, 0.4) is 0 Å². The van der Waals surface area contributed by atoms with Gasteiger partial charge in [-0.25, -0.2) is 14.1 Å². The van der Waals surface area contributed by atoms with E-state index in [0.29, 0.717) is 11.3 Å². The summed E-state index contributed by atoms with van der Waals surface area (Å²) in [7, 11) is 1.51. The molecule has 0 N–H and O–H groups in total. The van der Waals surface area contributed by atoms with Crippen molar-refractivity contribution in [3.63, 3.8) is 0 Å². The lowest BCUT2D eigenvalue weighted by Crippen LogP contribution is -2.29. The fourth-order valence-corrected chi connectivity index (χ4v) is 3.46. The number of methoxy groups -OCH3 is 1. The predicted octanol–water partition coefficient (Wildman–Crippen LogP) is 4.06. The summed E-state index contributed by atoms with van der Waals surface area (Å²) in [5.41, 5.74) is 0.715. The molecule has 0 aliphatic carbocycles. The fourth-order valence-electron chi connectivity index (χ4n) is 3.46. The average Bonchev–Trinajstić information content (AvgIpc) is 3.08. The summed E-state index contributed by atoms with van der Waals surface area (Å²) < 4.78 is 23.5. The van der Waals surface area contributed by atoms with Crippen molar-refractivity contribution in [2.75, 3.05) is 12.0 Å². The molecule has 166 valence electrons. The van der Waals surface area contributed by atoms with Crippen LogP contribution in [0.4, 0.5) is 10.1 Å². The van der Waals surface area contributed by atoms with Crippen molar-refractivity contribution in [1.29, 1.82) is 0 Å². The Hall–Kier alpha value is -4.33. The van der Waals surface area contributed by atoms with Gasteiger partial charge in [0.05, 0.1) is 29.5 Å². The van der Waals surface area contributed by atoms with E-state index >= 15 is 0 Å². The number of nitrogens with zero attached hydrogens (tertiary/aromatic N) is 1. The summed E-state index contributed by atoms with van der Waals surface area (Å²) >= 11 is 0. The van der Waals surface area contributed by atoms with Crippen LogP contribution in [0.1, 0.15) is 48.4 Å². The molecule has 1 heterocycles. The second-order valence-corrected chi connectivity index (χ2v) is 7.32.